The zero-order chi connectivity index (χ0) is 20.8. The van der Waals surface area contributed by atoms with Gasteiger partial charge in [-0.05, 0) is 35.4 Å². The van der Waals surface area contributed by atoms with E-state index < -0.39 is 0 Å². The molecule has 152 valence electrons. The van der Waals surface area contributed by atoms with Crippen molar-refractivity contribution >= 4 is 17.5 Å². The van der Waals surface area contributed by atoms with Crippen molar-refractivity contribution in [1.29, 1.82) is 0 Å². The number of hydrogen-bond donors (Lipinski definition) is 0. The van der Waals surface area contributed by atoms with Gasteiger partial charge in [0.15, 0.2) is 5.76 Å². The quantitative estimate of drug-likeness (QED) is 0.620. The van der Waals surface area contributed by atoms with Crippen LogP contribution in [0.5, 0.6) is 0 Å². The van der Waals surface area contributed by atoms with Crippen molar-refractivity contribution in [1.82, 2.24) is 9.88 Å². The molecule has 0 saturated carbocycles. The summed E-state index contributed by atoms with van der Waals surface area (Å²) in [5, 5.41) is 0. The molecule has 2 aromatic rings. The SMILES string of the molecule is C=C/C=C1/C(CSc2ccccc2)=CC2=C(OCN(Cc3cccnc3)C2)C1=NC. The highest BCUT2D eigenvalue weighted by Crippen LogP contribution is 2.34. The van der Waals surface area contributed by atoms with Crippen LogP contribution < -0.4 is 0 Å². The van der Waals surface area contributed by atoms with Crippen LogP contribution in [0.15, 0.2) is 112 Å². The molecule has 2 heterocycles. The van der Waals surface area contributed by atoms with Crippen molar-refractivity contribution in [3.05, 3.63) is 108 Å². The Morgan fingerprint density at radius 1 is 1.23 bits per heavy atom. The van der Waals surface area contributed by atoms with Crippen molar-refractivity contribution in [2.45, 2.75) is 11.4 Å². The third kappa shape index (κ3) is 4.64. The van der Waals surface area contributed by atoms with Gasteiger partial charge in [-0.25, -0.2) is 0 Å². The van der Waals surface area contributed by atoms with E-state index in [-0.39, 0.29) is 0 Å². The minimum absolute atomic E-state index is 0.538. The lowest BCUT2D eigenvalue weighted by Crippen LogP contribution is -2.36. The molecule has 2 aliphatic rings. The lowest BCUT2D eigenvalue weighted by atomic mass is 9.90. The summed E-state index contributed by atoms with van der Waals surface area (Å²) in [6, 6.07) is 14.5. The fraction of sp³-hybridized carbons (Fsp3) is 0.200. The third-order valence-electron chi connectivity index (χ3n) is 5.02. The highest BCUT2D eigenvalue weighted by atomic mass is 32.2. The zero-order valence-corrected chi connectivity index (χ0v) is 17.9. The van der Waals surface area contributed by atoms with Gasteiger partial charge < -0.3 is 4.74 Å². The molecule has 0 bridgehead atoms. The van der Waals surface area contributed by atoms with E-state index in [4.69, 9.17) is 4.74 Å². The maximum absolute atomic E-state index is 6.19. The smallest absolute Gasteiger partial charge is 0.151 e. The van der Waals surface area contributed by atoms with Gasteiger partial charge in [0, 0.05) is 54.3 Å². The first kappa shape index (κ1) is 20.4. The second kappa shape index (κ2) is 9.74. The van der Waals surface area contributed by atoms with Crippen LogP contribution >= 0.6 is 11.8 Å². The topological polar surface area (TPSA) is 37.7 Å². The average molecular weight is 416 g/mol. The minimum Gasteiger partial charge on any atom is -0.476 e. The van der Waals surface area contributed by atoms with Crippen LogP contribution in [-0.2, 0) is 11.3 Å². The van der Waals surface area contributed by atoms with E-state index in [9.17, 15) is 0 Å². The largest absolute Gasteiger partial charge is 0.476 e. The molecule has 0 unspecified atom stereocenters. The number of aromatic nitrogens is 1. The molecule has 1 aromatic carbocycles. The first-order valence-corrected chi connectivity index (χ1v) is 10.9. The predicted octanol–water partition coefficient (Wildman–Crippen LogP) is 5.04. The Morgan fingerprint density at radius 2 is 2.10 bits per heavy atom. The molecule has 4 rings (SSSR count). The molecule has 0 saturated heterocycles. The number of benzene rings is 1. The van der Waals surface area contributed by atoms with Gasteiger partial charge in [0.25, 0.3) is 0 Å². The predicted molar refractivity (Wildman–Crippen MR) is 125 cm³/mol. The molecule has 0 N–H and O–H groups in total. The van der Waals surface area contributed by atoms with E-state index in [1.54, 1.807) is 6.20 Å². The number of thioether (sulfide) groups is 1. The second-order valence-electron chi connectivity index (χ2n) is 7.14. The molecular formula is C25H25N3OS. The van der Waals surface area contributed by atoms with Crippen molar-refractivity contribution in [3.63, 3.8) is 0 Å². The number of nitrogens with zero attached hydrogens (tertiary/aromatic N) is 3. The molecule has 0 fully saturated rings. The molecule has 0 spiro atoms. The number of hydrogen-bond acceptors (Lipinski definition) is 5. The molecular weight excluding hydrogens is 390 g/mol. The van der Waals surface area contributed by atoms with Gasteiger partial charge >= 0.3 is 0 Å². The summed E-state index contributed by atoms with van der Waals surface area (Å²) in [5.74, 6) is 1.75. The van der Waals surface area contributed by atoms with Crippen LogP contribution in [0.4, 0.5) is 0 Å². The normalized spacial score (nSPS) is 19.4. The van der Waals surface area contributed by atoms with Crippen molar-refractivity contribution in [2.24, 2.45) is 4.99 Å². The van der Waals surface area contributed by atoms with Crippen LogP contribution in [0.1, 0.15) is 5.56 Å². The van der Waals surface area contributed by atoms with Crippen LogP contribution in [-0.4, -0.2) is 41.7 Å². The Kier molecular flexibility index (Phi) is 6.62. The van der Waals surface area contributed by atoms with Gasteiger partial charge in [-0.15, -0.1) is 11.8 Å². The summed E-state index contributed by atoms with van der Waals surface area (Å²) in [7, 11) is 1.83. The summed E-state index contributed by atoms with van der Waals surface area (Å²) < 4.78 is 6.19. The first-order valence-electron chi connectivity index (χ1n) is 9.94. The molecule has 1 aliphatic carbocycles. The van der Waals surface area contributed by atoms with Crippen molar-refractivity contribution in [3.8, 4) is 0 Å². The Bertz CT molecular complexity index is 1020. The first-order chi connectivity index (χ1) is 14.8. The zero-order valence-electron chi connectivity index (χ0n) is 17.1. The molecule has 4 nitrogen and oxygen atoms in total. The van der Waals surface area contributed by atoms with E-state index >= 15 is 0 Å². The summed E-state index contributed by atoms with van der Waals surface area (Å²) in [6.07, 6.45) is 9.84. The van der Waals surface area contributed by atoms with Gasteiger partial charge in [-0.1, -0.05) is 43.0 Å². The third-order valence-corrected chi connectivity index (χ3v) is 6.08. The number of aliphatic imine (C=N–C) groups is 1. The number of allylic oxidation sites excluding steroid dienone is 3. The molecule has 1 aliphatic heterocycles. The van der Waals surface area contributed by atoms with E-state index in [0.29, 0.717) is 6.73 Å². The van der Waals surface area contributed by atoms with E-state index in [1.165, 1.54) is 21.6 Å². The van der Waals surface area contributed by atoms with Gasteiger partial charge in [0.05, 0.1) is 0 Å². The summed E-state index contributed by atoms with van der Waals surface area (Å²) in [6.45, 7) is 6.07. The molecule has 30 heavy (non-hydrogen) atoms. The van der Waals surface area contributed by atoms with Crippen LogP contribution in [0.3, 0.4) is 0 Å². The van der Waals surface area contributed by atoms with Crippen LogP contribution in [0.25, 0.3) is 0 Å². The maximum Gasteiger partial charge on any atom is 0.151 e. The summed E-state index contributed by atoms with van der Waals surface area (Å²) in [4.78, 5) is 12.3. The summed E-state index contributed by atoms with van der Waals surface area (Å²) in [5.41, 5.74) is 5.61. The number of ether oxygens (including phenoxy) is 1. The lowest BCUT2D eigenvalue weighted by Gasteiger charge is -2.34. The fourth-order valence-corrected chi connectivity index (χ4v) is 4.59. The van der Waals surface area contributed by atoms with Gasteiger partial charge in [-0.3, -0.25) is 14.9 Å². The van der Waals surface area contributed by atoms with E-state index in [0.717, 1.165) is 35.9 Å². The van der Waals surface area contributed by atoms with Gasteiger partial charge in [-0.2, -0.15) is 0 Å². The molecule has 0 atom stereocenters. The molecule has 5 heteroatoms. The van der Waals surface area contributed by atoms with Crippen LogP contribution in [0, 0.1) is 0 Å². The maximum atomic E-state index is 6.19. The van der Waals surface area contributed by atoms with Gasteiger partial charge in [0.2, 0.25) is 0 Å². The van der Waals surface area contributed by atoms with Crippen LogP contribution in [0.2, 0.25) is 0 Å². The Labute approximate surface area is 182 Å². The monoisotopic (exact) mass is 415 g/mol. The average Bonchev–Trinajstić information content (AvgIpc) is 2.79. The van der Waals surface area contributed by atoms with Gasteiger partial charge in [0.1, 0.15) is 12.4 Å². The Balaban J connectivity index is 1.59. The minimum atomic E-state index is 0.538. The highest BCUT2D eigenvalue weighted by Gasteiger charge is 2.29. The van der Waals surface area contributed by atoms with Crippen molar-refractivity contribution in [2.75, 3.05) is 26.1 Å². The Hall–Kier alpha value is -2.89. The summed E-state index contributed by atoms with van der Waals surface area (Å²) >= 11 is 1.83. The van der Waals surface area contributed by atoms with E-state index in [2.05, 4.69) is 57.9 Å². The fourth-order valence-electron chi connectivity index (χ4n) is 3.68. The number of pyridine rings is 1. The Morgan fingerprint density at radius 3 is 2.83 bits per heavy atom. The van der Waals surface area contributed by atoms with E-state index in [1.807, 2.05) is 49.3 Å². The molecule has 0 amide bonds. The lowest BCUT2D eigenvalue weighted by molar-refractivity contribution is 0.0627. The molecule has 1 aromatic heterocycles. The second-order valence-corrected chi connectivity index (χ2v) is 8.18. The van der Waals surface area contributed by atoms with Crippen molar-refractivity contribution < 1.29 is 4.74 Å². The number of rotatable bonds is 6. The highest BCUT2D eigenvalue weighted by molar-refractivity contribution is 7.99. The molecule has 0 radical (unpaired) electrons. The standard InChI is InChI=1S/C25H25N3OS/c1-3-8-23-21(17-30-22-10-5-4-6-11-22)13-20-16-28(15-19-9-7-12-27-14-19)18-29-25(20)24(23)26-2/h3-14H,1,15-18H2,2H3/b23-8-,26-24?.